The van der Waals surface area contributed by atoms with Gasteiger partial charge in [0.2, 0.25) is 0 Å². The van der Waals surface area contributed by atoms with Crippen LogP contribution in [-0.4, -0.2) is 34.9 Å². The highest BCUT2D eigenvalue weighted by Crippen LogP contribution is 2.51. The van der Waals surface area contributed by atoms with Gasteiger partial charge in [0.1, 0.15) is 0 Å². The zero-order valence-electron chi connectivity index (χ0n) is 19.3. The third-order valence-electron chi connectivity index (χ3n) is 7.02. The van der Waals surface area contributed by atoms with Crippen LogP contribution in [0.4, 0.5) is 0 Å². The van der Waals surface area contributed by atoms with Crippen LogP contribution in [0.3, 0.4) is 0 Å². The molecule has 1 aliphatic carbocycles. The van der Waals surface area contributed by atoms with Crippen LogP contribution in [0.15, 0.2) is 66.7 Å². The number of aliphatic hydroxyl groups excluding tert-OH is 1. The average molecular weight is 510 g/mol. The lowest BCUT2D eigenvalue weighted by atomic mass is 9.91. The number of ketones is 1. The molecule has 0 bridgehead atoms. The minimum atomic E-state index is -1.25. The summed E-state index contributed by atoms with van der Waals surface area (Å²) in [6.45, 7) is 2.04. The van der Waals surface area contributed by atoms with E-state index in [0.717, 1.165) is 24.0 Å². The summed E-state index contributed by atoms with van der Waals surface area (Å²) in [5, 5.41) is 11.1. The Balaban J connectivity index is 1.69. The summed E-state index contributed by atoms with van der Waals surface area (Å²) in [6.07, 6.45) is 1.73. The van der Waals surface area contributed by atoms with Crippen molar-refractivity contribution in [3.63, 3.8) is 0 Å². The molecule has 180 valence electrons. The first-order valence-corrected chi connectivity index (χ1v) is 12.3. The van der Waals surface area contributed by atoms with Crippen LogP contribution in [0.2, 0.25) is 10.0 Å². The van der Waals surface area contributed by atoms with Crippen molar-refractivity contribution < 1.29 is 19.4 Å². The van der Waals surface area contributed by atoms with Gasteiger partial charge in [-0.3, -0.25) is 14.5 Å². The van der Waals surface area contributed by atoms with Crippen molar-refractivity contribution in [2.24, 2.45) is 5.41 Å². The molecule has 1 amide bonds. The van der Waals surface area contributed by atoms with Crippen molar-refractivity contribution in [1.29, 1.82) is 0 Å². The molecule has 3 aromatic rings. The fraction of sp³-hybridized carbons (Fsp3) is 0.286. The number of benzene rings is 3. The maximum atomic E-state index is 13.9. The summed E-state index contributed by atoms with van der Waals surface area (Å²) in [6, 6.07) is 19.8. The lowest BCUT2D eigenvalue weighted by molar-refractivity contribution is -0.128. The summed E-state index contributed by atoms with van der Waals surface area (Å²) in [4.78, 5) is 27.8. The Kier molecular flexibility index (Phi) is 6.22. The normalized spacial score (nSPS) is 20.1. The van der Waals surface area contributed by atoms with E-state index in [1.54, 1.807) is 47.4 Å². The van der Waals surface area contributed by atoms with Crippen molar-refractivity contribution >= 4 is 34.9 Å². The van der Waals surface area contributed by atoms with E-state index in [4.69, 9.17) is 27.9 Å². The molecule has 1 fully saturated rings. The maximum Gasteiger partial charge on any atom is 0.257 e. The van der Waals surface area contributed by atoms with Gasteiger partial charge >= 0.3 is 0 Å². The van der Waals surface area contributed by atoms with Crippen molar-refractivity contribution in [2.75, 3.05) is 13.2 Å². The molecular formula is C28H25Cl2NO4. The Morgan fingerprint density at radius 3 is 2.20 bits per heavy atom. The monoisotopic (exact) mass is 509 g/mol. The summed E-state index contributed by atoms with van der Waals surface area (Å²) < 4.78 is 6.73. The number of carbonyl (C=O) groups is 2. The molecule has 2 aliphatic rings. The Morgan fingerprint density at radius 2 is 1.63 bits per heavy atom. The van der Waals surface area contributed by atoms with Gasteiger partial charge in [-0.15, -0.1) is 0 Å². The number of fused-ring (bicyclic) bond motifs is 1. The summed E-state index contributed by atoms with van der Waals surface area (Å²) in [7, 11) is 0. The van der Waals surface area contributed by atoms with Gasteiger partial charge in [0.25, 0.3) is 5.91 Å². The molecule has 1 heterocycles. The van der Waals surface area contributed by atoms with Gasteiger partial charge in [-0.2, -0.15) is 0 Å². The van der Waals surface area contributed by atoms with Crippen molar-refractivity contribution in [3.8, 4) is 0 Å². The zero-order chi connectivity index (χ0) is 24.8. The Bertz CT molecular complexity index is 1290. The van der Waals surface area contributed by atoms with E-state index < -0.39 is 5.72 Å². The zero-order valence-corrected chi connectivity index (χ0v) is 20.8. The first kappa shape index (κ1) is 24.0. The number of ether oxygens (including phenoxy) is 1. The van der Waals surface area contributed by atoms with Gasteiger partial charge in [-0.25, -0.2) is 0 Å². The van der Waals surface area contributed by atoms with Gasteiger partial charge in [-0.05, 0) is 55.7 Å². The Labute approximate surface area is 214 Å². The standard InChI is InChI=1S/C28H25Cl2NO4/c1-18(33)20-4-11-25-24(14-20)26(34)31(15-19-2-7-22(29)8-3-19)28(25,21-5-9-23(30)10-6-21)35-17-27(16-32)12-13-27/h2-11,14,32H,12-13,15-17H2,1H3. The number of hydrogen-bond donors (Lipinski definition) is 1. The van der Waals surface area contributed by atoms with E-state index in [0.29, 0.717) is 26.7 Å². The maximum absolute atomic E-state index is 13.9. The number of rotatable bonds is 8. The SMILES string of the molecule is CC(=O)c1ccc2c(c1)C(=O)N(Cc1ccc(Cl)cc1)C2(OCC1(CO)CC1)c1ccc(Cl)cc1. The van der Waals surface area contributed by atoms with Crippen LogP contribution in [0, 0.1) is 5.41 Å². The predicted octanol–water partition coefficient (Wildman–Crippen LogP) is 5.84. The van der Waals surface area contributed by atoms with Gasteiger partial charge in [-0.1, -0.05) is 59.6 Å². The van der Waals surface area contributed by atoms with E-state index in [-0.39, 0.29) is 36.9 Å². The van der Waals surface area contributed by atoms with Crippen molar-refractivity contribution in [2.45, 2.75) is 32.0 Å². The summed E-state index contributed by atoms with van der Waals surface area (Å²) in [5.41, 5.74) is 1.62. The molecule has 0 spiro atoms. The number of nitrogens with zero attached hydrogens (tertiary/aromatic N) is 1. The third-order valence-corrected chi connectivity index (χ3v) is 7.52. The topological polar surface area (TPSA) is 66.8 Å². The van der Waals surface area contributed by atoms with Crippen LogP contribution in [0.1, 0.15) is 57.2 Å². The van der Waals surface area contributed by atoms with Crippen molar-refractivity contribution in [3.05, 3.63) is 105 Å². The lowest BCUT2D eigenvalue weighted by Crippen LogP contribution is -2.47. The molecular weight excluding hydrogens is 485 g/mol. The second-order valence-electron chi connectivity index (χ2n) is 9.43. The summed E-state index contributed by atoms with van der Waals surface area (Å²) >= 11 is 12.3. The number of carbonyl (C=O) groups excluding carboxylic acids is 2. The first-order valence-electron chi connectivity index (χ1n) is 11.5. The van der Waals surface area contributed by atoms with Crippen LogP contribution < -0.4 is 0 Å². The molecule has 1 unspecified atom stereocenters. The first-order chi connectivity index (χ1) is 16.8. The van der Waals surface area contributed by atoms with Crippen molar-refractivity contribution in [1.82, 2.24) is 4.90 Å². The van der Waals surface area contributed by atoms with Crippen LogP contribution in [0.5, 0.6) is 0 Å². The van der Waals surface area contributed by atoms with Crippen LogP contribution in [-0.2, 0) is 17.0 Å². The van der Waals surface area contributed by atoms with Gasteiger partial charge in [0, 0.05) is 44.3 Å². The smallest absolute Gasteiger partial charge is 0.257 e. The molecule has 1 N–H and O–H groups in total. The number of hydrogen-bond acceptors (Lipinski definition) is 4. The molecule has 5 nitrogen and oxygen atoms in total. The quantitative estimate of drug-likeness (QED) is 0.387. The molecule has 35 heavy (non-hydrogen) atoms. The fourth-order valence-corrected chi connectivity index (χ4v) is 4.89. The molecule has 1 saturated carbocycles. The van der Waals surface area contributed by atoms with Gasteiger partial charge < -0.3 is 9.84 Å². The van der Waals surface area contributed by atoms with E-state index in [9.17, 15) is 14.7 Å². The molecule has 1 atom stereocenters. The largest absolute Gasteiger partial charge is 0.396 e. The molecule has 7 heteroatoms. The van der Waals surface area contributed by atoms with Gasteiger partial charge in [0.05, 0.1) is 13.2 Å². The minimum Gasteiger partial charge on any atom is -0.396 e. The number of halogens is 2. The highest BCUT2D eigenvalue weighted by atomic mass is 35.5. The number of Topliss-reactive ketones (excluding diaryl/α,β-unsaturated/α-hetero) is 1. The highest BCUT2D eigenvalue weighted by Gasteiger charge is 2.54. The third kappa shape index (κ3) is 4.27. The molecule has 5 rings (SSSR count). The molecule has 3 aromatic carbocycles. The number of aliphatic hydroxyl groups is 1. The van der Waals surface area contributed by atoms with Crippen LogP contribution in [0.25, 0.3) is 0 Å². The molecule has 0 radical (unpaired) electrons. The van der Waals surface area contributed by atoms with Gasteiger partial charge in [0.15, 0.2) is 11.5 Å². The fourth-order valence-electron chi connectivity index (χ4n) is 4.63. The molecule has 0 saturated heterocycles. The molecule has 1 aliphatic heterocycles. The lowest BCUT2D eigenvalue weighted by Gasteiger charge is -2.40. The Hall–Kier alpha value is -2.70. The Morgan fingerprint density at radius 1 is 1.00 bits per heavy atom. The second-order valence-corrected chi connectivity index (χ2v) is 10.3. The van der Waals surface area contributed by atoms with E-state index in [1.165, 1.54) is 6.92 Å². The predicted molar refractivity (Wildman–Crippen MR) is 135 cm³/mol. The van der Waals surface area contributed by atoms with E-state index >= 15 is 0 Å². The average Bonchev–Trinajstić information content (AvgIpc) is 3.61. The minimum absolute atomic E-state index is 0.0188. The number of amides is 1. The van der Waals surface area contributed by atoms with E-state index in [1.807, 2.05) is 24.3 Å². The van der Waals surface area contributed by atoms with Crippen LogP contribution >= 0.6 is 23.2 Å². The van der Waals surface area contributed by atoms with E-state index in [2.05, 4.69) is 0 Å². The molecule has 0 aromatic heterocycles. The second kappa shape index (κ2) is 9.07. The highest BCUT2D eigenvalue weighted by molar-refractivity contribution is 6.30. The summed E-state index contributed by atoms with van der Waals surface area (Å²) in [5.74, 6) is -0.353.